The Morgan fingerprint density at radius 2 is 1.70 bits per heavy atom. The highest BCUT2D eigenvalue weighted by molar-refractivity contribution is 6.35. The molecule has 0 saturated carbocycles. The molecule has 4 rings (SSSR count). The number of fused-ring (bicyclic) bond motifs is 1. The van der Waals surface area contributed by atoms with E-state index in [1.165, 1.54) is 12.4 Å². The Bertz CT molecular complexity index is 1150. The van der Waals surface area contributed by atoms with Crippen molar-refractivity contribution in [3.63, 3.8) is 0 Å². The minimum absolute atomic E-state index is 0.0244. The molecular weight excluding hydrogens is 383 g/mol. The minimum Gasteiger partial charge on any atom is -0.319 e. The van der Waals surface area contributed by atoms with Crippen LogP contribution in [-0.4, -0.2) is 20.9 Å². The zero-order valence-corrected chi connectivity index (χ0v) is 15.4. The Morgan fingerprint density at radius 3 is 2.48 bits per heavy atom. The number of halogens is 2. The number of nitrogens with zero attached hydrogens (tertiary/aromatic N) is 3. The molecule has 1 N–H and O–H groups in total. The van der Waals surface area contributed by atoms with E-state index in [9.17, 15) is 4.79 Å². The molecule has 4 aromatic rings. The first-order valence-electron chi connectivity index (χ1n) is 8.05. The maximum Gasteiger partial charge on any atom is 0.277 e. The third-order valence-corrected chi connectivity index (χ3v) is 4.55. The topological polar surface area (TPSA) is 67.8 Å². The summed E-state index contributed by atoms with van der Waals surface area (Å²) in [5.41, 5.74) is 3.00. The monoisotopic (exact) mass is 394 g/mol. The van der Waals surface area contributed by atoms with Gasteiger partial charge < -0.3 is 5.32 Å². The van der Waals surface area contributed by atoms with Crippen molar-refractivity contribution in [2.75, 3.05) is 5.32 Å². The second-order valence-corrected chi connectivity index (χ2v) is 6.50. The second-order valence-electron chi connectivity index (χ2n) is 5.74. The normalized spacial score (nSPS) is 10.7. The molecule has 5 nitrogen and oxygen atoms in total. The van der Waals surface area contributed by atoms with Crippen LogP contribution in [0.3, 0.4) is 0 Å². The van der Waals surface area contributed by atoms with E-state index >= 15 is 0 Å². The zero-order valence-electron chi connectivity index (χ0n) is 13.9. The van der Waals surface area contributed by atoms with Gasteiger partial charge in [0.2, 0.25) is 0 Å². The van der Waals surface area contributed by atoms with Gasteiger partial charge in [0.05, 0.1) is 21.9 Å². The molecule has 0 aliphatic rings. The number of anilines is 1. The molecule has 132 valence electrons. The van der Waals surface area contributed by atoms with Crippen LogP contribution in [0.1, 0.15) is 10.5 Å². The molecule has 0 spiro atoms. The minimum atomic E-state index is -0.492. The van der Waals surface area contributed by atoms with Crippen LogP contribution in [0.15, 0.2) is 67.0 Å². The van der Waals surface area contributed by atoms with Gasteiger partial charge in [0.25, 0.3) is 5.91 Å². The van der Waals surface area contributed by atoms with Crippen molar-refractivity contribution >= 4 is 45.7 Å². The number of amides is 1. The molecule has 0 unspecified atom stereocenters. The molecule has 0 fully saturated rings. The number of carbonyl (C=O) groups is 1. The van der Waals surface area contributed by atoms with Gasteiger partial charge in [-0.1, -0.05) is 59.6 Å². The summed E-state index contributed by atoms with van der Waals surface area (Å²) in [6.07, 6.45) is 2.81. The van der Waals surface area contributed by atoms with E-state index in [4.69, 9.17) is 23.2 Å². The van der Waals surface area contributed by atoms with Crippen molar-refractivity contribution in [3.8, 4) is 11.3 Å². The number of hydrogen-bond acceptors (Lipinski definition) is 4. The van der Waals surface area contributed by atoms with Crippen LogP contribution >= 0.6 is 23.2 Å². The van der Waals surface area contributed by atoms with E-state index in [1.807, 2.05) is 42.5 Å². The first kappa shape index (κ1) is 17.4. The molecule has 2 heterocycles. The van der Waals surface area contributed by atoms with Gasteiger partial charge in [0, 0.05) is 23.3 Å². The molecule has 0 saturated heterocycles. The van der Waals surface area contributed by atoms with Crippen LogP contribution in [-0.2, 0) is 0 Å². The summed E-state index contributed by atoms with van der Waals surface area (Å²) in [5.74, 6) is -0.492. The summed E-state index contributed by atoms with van der Waals surface area (Å²) in [7, 11) is 0. The predicted octanol–water partition coefficient (Wildman–Crippen LogP) is 5.25. The fourth-order valence-corrected chi connectivity index (χ4v) is 3.07. The maximum absolute atomic E-state index is 12.4. The SMILES string of the molecule is O=C(Nc1cc2nc(-c3ccccc3)ccc2cc1Cl)c1nccnc1Cl. The van der Waals surface area contributed by atoms with Gasteiger partial charge in [-0.3, -0.25) is 4.79 Å². The van der Waals surface area contributed by atoms with E-state index in [0.29, 0.717) is 16.2 Å². The Hall–Kier alpha value is -3.02. The first-order valence-corrected chi connectivity index (χ1v) is 8.81. The molecule has 0 bridgehead atoms. The van der Waals surface area contributed by atoms with Crippen LogP contribution in [0.4, 0.5) is 5.69 Å². The number of rotatable bonds is 3. The van der Waals surface area contributed by atoms with Gasteiger partial charge in [-0.25, -0.2) is 15.0 Å². The van der Waals surface area contributed by atoms with Crippen LogP contribution in [0, 0.1) is 0 Å². The standard InChI is InChI=1S/C20H12Cl2N4O/c21-14-10-13-6-7-15(12-4-2-1-3-5-12)25-16(13)11-17(14)26-20(27)18-19(22)24-9-8-23-18/h1-11H,(H,26,27). The average molecular weight is 395 g/mol. The number of carbonyl (C=O) groups excluding carboxylic acids is 1. The highest BCUT2D eigenvalue weighted by Gasteiger charge is 2.15. The van der Waals surface area contributed by atoms with E-state index in [-0.39, 0.29) is 10.8 Å². The summed E-state index contributed by atoms with van der Waals surface area (Å²) in [5, 5.41) is 4.01. The summed E-state index contributed by atoms with van der Waals surface area (Å²) < 4.78 is 0. The number of nitrogens with one attached hydrogen (secondary N) is 1. The van der Waals surface area contributed by atoms with Gasteiger partial charge in [-0.05, 0) is 18.2 Å². The van der Waals surface area contributed by atoms with Crippen molar-refractivity contribution in [2.24, 2.45) is 0 Å². The lowest BCUT2D eigenvalue weighted by molar-refractivity contribution is 0.102. The Balaban J connectivity index is 1.72. The Labute approximate surface area is 165 Å². The van der Waals surface area contributed by atoms with Crippen molar-refractivity contribution in [3.05, 3.63) is 82.9 Å². The van der Waals surface area contributed by atoms with E-state index in [0.717, 1.165) is 16.6 Å². The molecule has 27 heavy (non-hydrogen) atoms. The van der Waals surface area contributed by atoms with Crippen molar-refractivity contribution in [1.29, 1.82) is 0 Å². The fourth-order valence-electron chi connectivity index (χ4n) is 2.66. The molecule has 7 heteroatoms. The Kier molecular flexibility index (Phi) is 4.71. The molecule has 0 aliphatic carbocycles. The lowest BCUT2D eigenvalue weighted by Gasteiger charge is -2.10. The van der Waals surface area contributed by atoms with Crippen molar-refractivity contribution in [1.82, 2.24) is 15.0 Å². The van der Waals surface area contributed by atoms with Gasteiger partial charge in [0.1, 0.15) is 0 Å². The zero-order chi connectivity index (χ0) is 18.8. The average Bonchev–Trinajstić information content (AvgIpc) is 2.69. The maximum atomic E-state index is 12.4. The van der Waals surface area contributed by atoms with Crippen LogP contribution < -0.4 is 5.32 Å². The van der Waals surface area contributed by atoms with E-state index < -0.39 is 5.91 Å². The molecular formula is C20H12Cl2N4O. The predicted molar refractivity (Wildman–Crippen MR) is 107 cm³/mol. The van der Waals surface area contributed by atoms with Crippen LogP contribution in [0.2, 0.25) is 10.2 Å². The van der Waals surface area contributed by atoms with Gasteiger partial charge in [-0.2, -0.15) is 0 Å². The van der Waals surface area contributed by atoms with E-state index in [2.05, 4.69) is 20.3 Å². The lowest BCUT2D eigenvalue weighted by Crippen LogP contribution is -2.15. The summed E-state index contributed by atoms with van der Waals surface area (Å²) in [6, 6.07) is 17.2. The number of hydrogen-bond donors (Lipinski definition) is 1. The lowest BCUT2D eigenvalue weighted by atomic mass is 10.1. The summed E-state index contributed by atoms with van der Waals surface area (Å²) in [4.78, 5) is 24.9. The molecule has 0 aliphatic heterocycles. The highest BCUT2D eigenvalue weighted by atomic mass is 35.5. The third kappa shape index (κ3) is 3.60. The molecule has 0 radical (unpaired) electrons. The van der Waals surface area contributed by atoms with Gasteiger partial charge in [-0.15, -0.1) is 0 Å². The summed E-state index contributed by atoms with van der Waals surface area (Å²) >= 11 is 12.2. The fraction of sp³-hybridized carbons (Fsp3) is 0. The third-order valence-electron chi connectivity index (χ3n) is 3.96. The van der Waals surface area contributed by atoms with Crippen LogP contribution in [0.25, 0.3) is 22.2 Å². The van der Waals surface area contributed by atoms with Crippen molar-refractivity contribution in [2.45, 2.75) is 0 Å². The molecule has 1 amide bonds. The van der Waals surface area contributed by atoms with Gasteiger partial charge in [0.15, 0.2) is 10.8 Å². The smallest absolute Gasteiger partial charge is 0.277 e. The Morgan fingerprint density at radius 1 is 0.926 bits per heavy atom. The summed E-state index contributed by atoms with van der Waals surface area (Å²) in [6.45, 7) is 0. The highest BCUT2D eigenvalue weighted by Crippen LogP contribution is 2.29. The van der Waals surface area contributed by atoms with Crippen LogP contribution in [0.5, 0.6) is 0 Å². The number of pyridine rings is 1. The second kappa shape index (κ2) is 7.31. The molecule has 2 aromatic carbocycles. The molecule has 0 atom stereocenters. The number of benzene rings is 2. The van der Waals surface area contributed by atoms with Crippen molar-refractivity contribution < 1.29 is 4.79 Å². The largest absolute Gasteiger partial charge is 0.319 e. The quantitative estimate of drug-likeness (QED) is 0.515. The molecule has 2 aromatic heterocycles. The van der Waals surface area contributed by atoms with Gasteiger partial charge >= 0.3 is 0 Å². The van der Waals surface area contributed by atoms with E-state index in [1.54, 1.807) is 12.1 Å². The first-order chi connectivity index (χ1) is 13.1. The number of aromatic nitrogens is 3.